The van der Waals surface area contributed by atoms with Crippen molar-refractivity contribution in [3.8, 4) is 0 Å². The van der Waals surface area contributed by atoms with Gasteiger partial charge in [-0.25, -0.2) is 8.78 Å². The van der Waals surface area contributed by atoms with E-state index in [9.17, 15) is 13.6 Å². The minimum atomic E-state index is -3.12. The second kappa shape index (κ2) is 6.85. The van der Waals surface area contributed by atoms with E-state index in [-0.39, 0.29) is 5.56 Å². The minimum Gasteiger partial charge on any atom is -0.346 e. The van der Waals surface area contributed by atoms with Crippen molar-refractivity contribution < 1.29 is 13.6 Å². The van der Waals surface area contributed by atoms with E-state index in [1.54, 1.807) is 6.07 Å². The van der Waals surface area contributed by atoms with Crippen LogP contribution in [0.4, 0.5) is 8.78 Å². The number of nitrogens with zero attached hydrogens (tertiary/aromatic N) is 2. The third kappa shape index (κ3) is 4.25. The molecule has 0 saturated carbocycles. The highest BCUT2D eigenvalue weighted by Crippen LogP contribution is 2.16. The molecule has 0 fully saturated rings. The Balaban J connectivity index is 1.99. The van der Waals surface area contributed by atoms with Crippen LogP contribution in [0.25, 0.3) is 0 Å². The van der Waals surface area contributed by atoms with E-state index < -0.39 is 24.9 Å². The predicted molar refractivity (Wildman–Crippen MR) is 79.1 cm³/mol. The fourth-order valence-electron chi connectivity index (χ4n) is 1.75. The van der Waals surface area contributed by atoms with Gasteiger partial charge in [0.15, 0.2) is 0 Å². The van der Waals surface area contributed by atoms with Gasteiger partial charge in [-0.3, -0.25) is 9.48 Å². The van der Waals surface area contributed by atoms with Gasteiger partial charge in [0.05, 0.1) is 31.4 Å². The number of amides is 1. The van der Waals surface area contributed by atoms with E-state index in [1.165, 1.54) is 17.1 Å². The van der Waals surface area contributed by atoms with Crippen LogP contribution < -0.4 is 11.1 Å². The summed E-state index contributed by atoms with van der Waals surface area (Å²) < 4.78 is 27.5. The summed E-state index contributed by atoms with van der Waals surface area (Å²) >= 11 is 6.04. The number of aromatic nitrogens is 2. The maximum atomic E-state index is 13.0. The Morgan fingerprint density at radius 3 is 2.82 bits per heavy atom. The summed E-state index contributed by atoms with van der Waals surface area (Å²) in [5, 5.41) is 6.74. The van der Waals surface area contributed by atoms with Crippen molar-refractivity contribution in [1.82, 2.24) is 15.1 Å². The highest BCUT2D eigenvalue weighted by atomic mass is 35.5. The van der Waals surface area contributed by atoms with E-state index in [0.717, 1.165) is 5.56 Å². The molecule has 118 valence electrons. The van der Waals surface area contributed by atoms with Crippen LogP contribution in [-0.4, -0.2) is 34.7 Å². The standard InChI is InChI=1S/C14H15ClF2N4O/c15-12-4-2-1-3-10(12)6-21-7-11(5-20-21)13(22)19-9-14(16,17)8-18/h1-5,7H,6,8-9,18H2,(H,19,22). The number of hydrogen-bond donors (Lipinski definition) is 2. The molecule has 5 nitrogen and oxygen atoms in total. The van der Waals surface area contributed by atoms with Crippen molar-refractivity contribution in [2.24, 2.45) is 5.73 Å². The topological polar surface area (TPSA) is 72.9 Å². The zero-order chi connectivity index (χ0) is 16.2. The fraction of sp³-hybridized carbons (Fsp3) is 0.286. The number of carbonyl (C=O) groups is 1. The molecule has 0 unspecified atom stereocenters. The van der Waals surface area contributed by atoms with Crippen LogP contribution in [-0.2, 0) is 6.54 Å². The van der Waals surface area contributed by atoms with E-state index >= 15 is 0 Å². The van der Waals surface area contributed by atoms with Crippen molar-refractivity contribution in [1.29, 1.82) is 0 Å². The van der Waals surface area contributed by atoms with Crippen LogP contribution >= 0.6 is 11.6 Å². The van der Waals surface area contributed by atoms with Gasteiger partial charge >= 0.3 is 0 Å². The lowest BCUT2D eigenvalue weighted by atomic mass is 10.2. The summed E-state index contributed by atoms with van der Waals surface area (Å²) in [5.74, 6) is -3.75. The molecule has 0 atom stereocenters. The van der Waals surface area contributed by atoms with Gasteiger partial charge in [0.1, 0.15) is 0 Å². The second-order valence-corrected chi connectivity index (χ2v) is 5.17. The smallest absolute Gasteiger partial charge is 0.277 e. The molecule has 0 saturated heterocycles. The SMILES string of the molecule is NCC(F)(F)CNC(=O)c1cnn(Cc2ccccc2Cl)c1. The Labute approximate surface area is 131 Å². The maximum absolute atomic E-state index is 13.0. The molecule has 0 bridgehead atoms. The molecule has 22 heavy (non-hydrogen) atoms. The molecule has 0 aliphatic rings. The number of carbonyl (C=O) groups excluding carboxylic acids is 1. The van der Waals surface area contributed by atoms with E-state index in [0.29, 0.717) is 11.6 Å². The van der Waals surface area contributed by atoms with Gasteiger partial charge in [-0.05, 0) is 11.6 Å². The van der Waals surface area contributed by atoms with Crippen LogP contribution in [0.15, 0.2) is 36.7 Å². The number of halogens is 3. The first-order valence-corrected chi connectivity index (χ1v) is 6.91. The molecule has 0 spiro atoms. The zero-order valence-corrected chi connectivity index (χ0v) is 12.4. The van der Waals surface area contributed by atoms with Gasteiger partial charge in [0, 0.05) is 11.2 Å². The number of benzene rings is 1. The molecule has 0 aliphatic heterocycles. The Morgan fingerprint density at radius 1 is 1.41 bits per heavy atom. The fourth-order valence-corrected chi connectivity index (χ4v) is 1.95. The van der Waals surface area contributed by atoms with Gasteiger partial charge in [0.2, 0.25) is 0 Å². The van der Waals surface area contributed by atoms with E-state index in [1.807, 2.05) is 18.2 Å². The Morgan fingerprint density at radius 2 is 2.14 bits per heavy atom. The van der Waals surface area contributed by atoms with Crippen LogP contribution in [0, 0.1) is 0 Å². The Hall–Kier alpha value is -1.99. The van der Waals surface area contributed by atoms with Crippen LogP contribution in [0.2, 0.25) is 5.02 Å². The maximum Gasteiger partial charge on any atom is 0.277 e. The van der Waals surface area contributed by atoms with Gasteiger partial charge in [-0.15, -0.1) is 0 Å². The van der Waals surface area contributed by atoms with Gasteiger partial charge in [-0.2, -0.15) is 5.10 Å². The molecule has 3 N–H and O–H groups in total. The average Bonchev–Trinajstić information content (AvgIpc) is 2.96. The Bertz CT molecular complexity index is 660. The number of rotatable bonds is 6. The van der Waals surface area contributed by atoms with Gasteiger partial charge < -0.3 is 11.1 Å². The van der Waals surface area contributed by atoms with Crippen LogP contribution in [0.1, 0.15) is 15.9 Å². The molecule has 1 aromatic heterocycles. The highest BCUT2D eigenvalue weighted by Gasteiger charge is 2.27. The van der Waals surface area contributed by atoms with Crippen molar-refractivity contribution in [3.63, 3.8) is 0 Å². The highest BCUT2D eigenvalue weighted by molar-refractivity contribution is 6.31. The number of hydrogen-bond acceptors (Lipinski definition) is 3. The molecule has 1 amide bonds. The molecule has 1 heterocycles. The summed E-state index contributed by atoms with van der Waals surface area (Å²) in [7, 11) is 0. The number of nitrogens with one attached hydrogen (secondary N) is 1. The van der Waals surface area contributed by atoms with Crippen molar-refractivity contribution in [2.45, 2.75) is 12.5 Å². The number of alkyl halides is 2. The molecular formula is C14H15ClF2N4O. The van der Waals surface area contributed by atoms with Crippen LogP contribution in [0.3, 0.4) is 0 Å². The monoisotopic (exact) mass is 328 g/mol. The summed E-state index contributed by atoms with van der Waals surface area (Å²) in [5.41, 5.74) is 5.94. The van der Waals surface area contributed by atoms with Crippen molar-refractivity contribution in [3.05, 3.63) is 52.8 Å². The first-order valence-electron chi connectivity index (χ1n) is 6.53. The Kier molecular flexibility index (Phi) is 5.10. The summed E-state index contributed by atoms with van der Waals surface area (Å²) in [6.45, 7) is -1.25. The normalized spacial score (nSPS) is 11.5. The van der Waals surface area contributed by atoms with Gasteiger partial charge in [-0.1, -0.05) is 29.8 Å². The first kappa shape index (κ1) is 16.4. The molecule has 0 aliphatic carbocycles. The zero-order valence-electron chi connectivity index (χ0n) is 11.6. The molecular weight excluding hydrogens is 314 g/mol. The number of nitrogens with two attached hydrogens (primary N) is 1. The molecule has 8 heteroatoms. The van der Waals surface area contributed by atoms with Crippen molar-refractivity contribution in [2.75, 3.05) is 13.1 Å². The summed E-state index contributed by atoms with van der Waals surface area (Å²) in [4.78, 5) is 11.8. The molecule has 2 rings (SSSR count). The predicted octanol–water partition coefficient (Wildman–Crippen LogP) is 1.91. The molecule has 1 aromatic carbocycles. The second-order valence-electron chi connectivity index (χ2n) is 4.76. The van der Waals surface area contributed by atoms with Crippen molar-refractivity contribution >= 4 is 17.5 Å². The van der Waals surface area contributed by atoms with Crippen LogP contribution in [0.5, 0.6) is 0 Å². The third-order valence-corrected chi connectivity index (χ3v) is 3.36. The quantitative estimate of drug-likeness (QED) is 0.850. The lowest BCUT2D eigenvalue weighted by Gasteiger charge is -2.13. The largest absolute Gasteiger partial charge is 0.346 e. The molecule has 0 radical (unpaired) electrons. The molecule has 2 aromatic rings. The lowest BCUT2D eigenvalue weighted by molar-refractivity contribution is 0.0118. The third-order valence-electron chi connectivity index (χ3n) is 2.99. The van der Waals surface area contributed by atoms with Gasteiger partial charge in [0.25, 0.3) is 11.8 Å². The average molecular weight is 329 g/mol. The van der Waals surface area contributed by atoms with E-state index in [4.69, 9.17) is 17.3 Å². The van der Waals surface area contributed by atoms with E-state index in [2.05, 4.69) is 10.4 Å². The summed E-state index contributed by atoms with van der Waals surface area (Å²) in [6.07, 6.45) is 2.78. The summed E-state index contributed by atoms with van der Waals surface area (Å²) in [6, 6.07) is 7.24. The first-order chi connectivity index (χ1) is 10.4. The lowest BCUT2D eigenvalue weighted by Crippen LogP contribution is -2.41. The minimum absolute atomic E-state index is 0.194.